The molecule has 0 saturated heterocycles. The molecule has 3 nitrogen and oxygen atoms in total. The van der Waals surface area contributed by atoms with Gasteiger partial charge in [0.05, 0.1) is 5.56 Å². The Bertz CT molecular complexity index is 591. The van der Waals surface area contributed by atoms with Crippen LogP contribution in [0.2, 0.25) is 0 Å². The molecular formula is C15H13BrO3. The van der Waals surface area contributed by atoms with Crippen molar-refractivity contribution in [1.82, 2.24) is 0 Å². The van der Waals surface area contributed by atoms with Gasteiger partial charge in [-0.3, -0.25) is 4.79 Å². The van der Waals surface area contributed by atoms with Gasteiger partial charge in [0.15, 0.2) is 5.78 Å². The highest BCUT2D eigenvalue weighted by Crippen LogP contribution is 2.24. The quantitative estimate of drug-likeness (QED) is 0.868. The Morgan fingerprint density at radius 3 is 2.53 bits per heavy atom. The number of rotatable bonds is 4. The predicted octanol–water partition coefficient (Wildman–Crippen LogP) is 3.94. The third kappa shape index (κ3) is 3.58. The molecule has 1 N–H and O–H groups in total. The molecule has 2 aromatic carbocycles. The molecule has 98 valence electrons. The fourth-order valence-corrected chi connectivity index (χ4v) is 2.02. The van der Waals surface area contributed by atoms with Crippen LogP contribution in [-0.4, -0.2) is 10.9 Å². The van der Waals surface area contributed by atoms with E-state index < -0.39 is 0 Å². The van der Waals surface area contributed by atoms with Crippen LogP contribution in [0.3, 0.4) is 0 Å². The standard InChI is InChI=1S/C15H13BrO3/c1-10(17)14-8-12(16)4-7-15(14)19-9-11-2-5-13(18)6-3-11/h2-8,18H,9H2,1H3. The third-order valence-electron chi connectivity index (χ3n) is 2.65. The van der Waals surface area contributed by atoms with E-state index in [1.807, 2.05) is 6.07 Å². The van der Waals surface area contributed by atoms with Crippen molar-refractivity contribution >= 4 is 21.7 Å². The van der Waals surface area contributed by atoms with Gasteiger partial charge in [-0.05, 0) is 42.8 Å². The van der Waals surface area contributed by atoms with Crippen molar-refractivity contribution in [2.75, 3.05) is 0 Å². The SMILES string of the molecule is CC(=O)c1cc(Br)ccc1OCc1ccc(O)cc1. The summed E-state index contributed by atoms with van der Waals surface area (Å²) in [4.78, 5) is 11.5. The minimum atomic E-state index is -0.0398. The summed E-state index contributed by atoms with van der Waals surface area (Å²) >= 11 is 3.33. The van der Waals surface area contributed by atoms with E-state index in [0.717, 1.165) is 10.0 Å². The average molecular weight is 321 g/mol. The van der Waals surface area contributed by atoms with Crippen LogP contribution in [0.5, 0.6) is 11.5 Å². The van der Waals surface area contributed by atoms with Crippen molar-refractivity contribution in [2.45, 2.75) is 13.5 Å². The summed E-state index contributed by atoms with van der Waals surface area (Å²) in [6, 6.07) is 12.1. The van der Waals surface area contributed by atoms with Gasteiger partial charge >= 0.3 is 0 Å². The lowest BCUT2D eigenvalue weighted by Gasteiger charge is -2.10. The first-order valence-electron chi connectivity index (χ1n) is 5.77. The van der Waals surface area contributed by atoms with E-state index in [9.17, 15) is 9.90 Å². The number of phenolic OH excluding ortho intramolecular Hbond substituents is 1. The van der Waals surface area contributed by atoms with E-state index in [2.05, 4.69) is 15.9 Å². The van der Waals surface area contributed by atoms with E-state index >= 15 is 0 Å². The van der Waals surface area contributed by atoms with Crippen LogP contribution in [-0.2, 0) is 6.61 Å². The Kier molecular flexibility index (Phi) is 4.22. The molecule has 2 rings (SSSR count). The monoisotopic (exact) mass is 320 g/mol. The molecule has 0 unspecified atom stereocenters. The third-order valence-corrected chi connectivity index (χ3v) is 3.14. The second-order valence-electron chi connectivity index (χ2n) is 4.15. The Labute approximate surface area is 120 Å². The second-order valence-corrected chi connectivity index (χ2v) is 5.07. The maximum atomic E-state index is 11.5. The maximum Gasteiger partial charge on any atom is 0.163 e. The smallest absolute Gasteiger partial charge is 0.163 e. The van der Waals surface area contributed by atoms with Crippen molar-refractivity contribution in [3.63, 3.8) is 0 Å². The highest BCUT2D eigenvalue weighted by molar-refractivity contribution is 9.10. The highest BCUT2D eigenvalue weighted by atomic mass is 79.9. The number of ether oxygens (including phenoxy) is 1. The van der Waals surface area contributed by atoms with Crippen LogP contribution in [0.4, 0.5) is 0 Å². The van der Waals surface area contributed by atoms with Crippen LogP contribution >= 0.6 is 15.9 Å². The summed E-state index contributed by atoms with van der Waals surface area (Å²) in [7, 11) is 0. The first-order chi connectivity index (χ1) is 9.06. The van der Waals surface area contributed by atoms with E-state index in [0.29, 0.717) is 17.9 Å². The summed E-state index contributed by atoms with van der Waals surface area (Å²) in [5, 5.41) is 9.20. The van der Waals surface area contributed by atoms with Gasteiger partial charge in [-0.25, -0.2) is 0 Å². The van der Waals surface area contributed by atoms with Gasteiger partial charge < -0.3 is 9.84 Å². The van der Waals surface area contributed by atoms with Crippen LogP contribution in [0, 0.1) is 0 Å². The minimum Gasteiger partial charge on any atom is -0.508 e. The number of ketones is 1. The van der Waals surface area contributed by atoms with Gasteiger partial charge in [0.1, 0.15) is 18.1 Å². The normalized spacial score (nSPS) is 10.2. The van der Waals surface area contributed by atoms with Crippen molar-refractivity contribution in [1.29, 1.82) is 0 Å². The summed E-state index contributed by atoms with van der Waals surface area (Å²) < 4.78 is 6.50. The Morgan fingerprint density at radius 2 is 1.89 bits per heavy atom. The molecule has 0 saturated carbocycles. The van der Waals surface area contributed by atoms with E-state index in [1.54, 1.807) is 36.4 Å². The van der Waals surface area contributed by atoms with Gasteiger partial charge in [0.25, 0.3) is 0 Å². The van der Waals surface area contributed by atoms with Crippen LogP contribution in [0.25, 0.3) is 0 Å². The molecule has 2 aromatic rings. The molecule has 0 aliphatic rings. The number of phenols is 1. The minimum absolute atomic E-state index is 0.0398. The Morgan fingerprint density at radius 1 is 1.21 bits per heavy atom. The number of carbonyl (C=O) groups is 1. The Hall–Kier alpha value is -1.81. The van der Waals surface area contributed by atoms with Crippen LogP contribution in [0.1, 0.15) is 22.8 Å². The number of hydrogen-bond acceptors (Lipinski definition) is 3. The fraction of sp³-hybridized carbons (Fsp3) is 0.133. The Balaban J connectivity index is 2.15. The zero-order chi connectivity index (χ0) is 13.8. The molecule has 0 aromatic heterocycles. The molecule has 0 bridgehead atoms. The molecule has 4 heteroatoms. The number of carbonyl (C=O) groups excluding carboxylic acids is 1. The first-order valence-corrected chi connectivity index (χ1v) is 6.57. The number of benzene rings is 2. The number of Topliss-reactive ketones (excluding diaryl/α,β-unsaturated/α-hetero) is 1. The number of hydrogen-bond donors (Lipinski definition) is 1. The summed E-state index contributed by atoms with van der Waals surface area (Å²) in [6.07, 6.45) is 0. The zero-order valence-electron chi connectivity index (χ0n) is 10.4. The average Bonchev–Trinajstić information content (AvgIpc) is 2.39. The van der Waals surface area contributed by atoms with E-state index in [4.69, 9.17) is 4.74 Å². The highest BCUT2D eigenvalue weighted by Gasteiger charge is 2.09. The topological polar surface area (TPSA) is 46.5 Å². The van der Waals surface area contributed by atoms with Gasteiger partial charge in [-0.15, -0.1) is 0 Å². The lowest BCUT2D eigenvalue weighted by Crippen LogP contribution is -2.01. The molecule has 19 heavy (non-hydrogen) atoms. The molecule has 0 atom stereocenters. The molecule has 0 amide bonds. The van der Waals surface area contributed by atoms with Crippen LogP contribution < -0.4 is 4.74 Å². The van der Waals surface area contributed by atoms with Crippen molar-refractivity contribution in [2.24, 2.45) is 0 Å². The lowest BCUT2D eigenvalue weighted by atomic mass is 10.1. The van der Waals surface area contributed by atoms with Crippen LogP contribution in [0.15, 0.2) is 46.9 Å². The molecule has 0 aliphatic heterocycles. The van der Waals surface area contributed by atoms with Gasteiger partial charge in [0.2, 0.25) is 0 Å². The summed E-state index contributed by atoms with van der Waals surface area (Å²) in [5.74, 6) is 0.739. The van der Waals surface area contributed by atoms with E-state index in [-0.39, 0.29) is 11.5 Å². The van der Waals surface area contributed by atoms with Crippen molar-refractivity contribution in [3.05, 3.63) is 58.1 Å². The fourth-order valence-electron chi connectivity index (χ4n) is 1.66. The molecular weight excluding hydrogens is 308 g/mol. The van der Waals surface area contributed by atoms with Gasteiger partial charge in [-0.2, -0.15) is 0 Å². The van der Waals surface area contributed by atoms with E-state index in [1.165, 1.54) is 6.92 Å². The largest absolute Gasteiger partial charge is 0.508 e. The summed E-state index contributed by atoms with van der Waals surface area (Å²) in [5.41, 5.74) is 1.48. The second kappa shape index (κ2) is 5.89. The zero-order valence-corrected chi connectivity index (χ0v) is 12.0. The van der Waals surface area contributed by atoms with Crippen molar-refractivity contribution < 1.29 is 14.6 Å². The molecule has 0 spiro atoms. The van der Waals surface area contributed by atoms with Crippen molar-refractivity contribution in [3.8, 4) is 11.5 Å². The summed E-state index contributed by atoms with van der Waals surface area (Å²) in [6.45, 7) is 1.86. The number of halogens is 1. The van der Waals surface area contributed by atoms with Gasteiger partial charge in [0, 0.05) is 4.47 Å². The molecule has 0 radical (unpaired) electrons. The predicted molar refractivity (Wildman–Crippen MR) is 76.6 cm³/mol. The molecule has 0 heterocycles. The number of aromatic hydroxyl groups is 1. The van der Waals surface area contributed by atoms with Gasteiger partial charge in [-0.1, -0.05) is 28.1 Å². The molecule has 0 fully saturated rings. The molecule has 0 aliphatic carbocycles. The lowest BCUT2D eigenvalue weighted by molar-refractivity contribution is 0.101. The first kappa shape index (κ1) is 13.6. The maximum absolute atomic E-state index is 11.5.